The fourth-order valence-corrected chi connectivity index (χ4v) is 2.39. The molecule has 0 unspecified atom stereocenters. The third-order valence-corrected chi connectivity index (χ3v) is 3.66. The fraction of sp³-hybridized carbons (Fsp3) is 0.167. The molecule has 0 spiro atoms. The number of anilines is 1. The molecule has 0 aliphatic carbocycles. The van der Waals surface area contributed by atoms with Crippen molar-refractivity contribution in [3.05, 3.63) is 66.0 Å². The number of guanidine groups is 1. The standard InChI is InChI=1S/C18H20N6.HI/c1-2-13-5-4-8-16(10-13)23-18(19)20-11-14-6-3-7-15(9-14)17-21-12-22-24-17;/h3-10,12H,2,11H2,1H3,(H3,19,20,23)(H,21,22,24);1H. The Bertz CT molecular complexity index is 829. The van der Waals surface area contributed by atoms with E-state index in [4.69, 9.17) is 5.73 Å². The molecule has 7 heteroatoms. The average Bonchev–Trinajstić information content (AvgIpc) is 3.15. The van der Waals surface area contributed by atoms with Gasteiger partial charge in [-0.05, 0) is 35.7 Å². The molecular weight excluding hydrogens is 427 g/mol. The maximum Gasteiger partial charge on any atom is 0.193 e. The van der Waals surface area contributed by atoms with E-state index in [1.54, 1.807) is 0 Å². The van der Waals surface area contributed by atoms with Crippen molar-refractivity contribution in [2.45, 2.75) is 19.9 Å². The number of rotatable bonds is 5. The van der Waals surface area contributed by atoms with Gasteiger partial charge in [0.25, 0.3) is 0 Å². The summed E-state index contributed by atoms with van der Waals surface area (Å²) in [6, 6.07) is 16.1. The molecule has 1 aromatic heterocycles. The van der Waals surface area contributed by atoms with Crippen LogP contribution in [0.4, 0.5) is 5.69 Å². The summed E-state index contributed by atoms with van der Waals surface area (Å²) in [7, 11) is 0. The summed E-state index contributed by atoms with van der Waals surface area (Å²) in [6.07, 6.45) is 2.48. The van der Waals surface area contributed by atoms with Gasteiger partial charge in [-0.1, -0.05) is 37.3 Å². The molecule has 0 saturated carbocycles. The lowest BCUT2D eigenvalue weighted by molar-refractivity contribution is 1.06. The summed E-state index contributed by atoms with van der Waals surface area (Å²) in [5.74, 6) is 1.14. The van der Waals surface area contributed by atoms with Crippen molar-refractivity contribution in [3.8, 4) is 11.4 Å². The van der Waals surface area contributed by atoms with E-state index in [9.17, 15) is 0 Å². The third-order valence-electron chi connectivity index (χ3n) is 3.66. The number of nitrogens with two attached hydrogens (primary N) is 1. The molecule has 2 aromatic carbocycles. The molecule has 0 bridgehead atoms. The van der Waals surface area contributed by atoms with Crippen LogP contribution in [0.3, 0.4) is 0 Å². The SMILES string of the molecule is CCc1cccc(NC(N)=NCc2cccc(-c3ncn[nH]3)c2)c1.I. The molecule has 3 aromatic rings. The van der Waals surface area contributed by atoms with E-state index in [1.165, 1.54) is 11.9 Å². The lowest BCUT2D eigenvalue weighted by atomic mass is 10.1. The number of aromatic nitrogens is 3. The van der Waals surface area contributed by atoms with E-state index in [-0.39, 0.29) is 24.0 Å². The summed E-state index contributed by atoms with van der Waals surface area (Å²) in [5.41, 5.74) is 10.2. The highest BCUT2D eigenvalue weighted by molar-refractivity contribution is 14.0. The Hall–Kier alpha value is -2.42. The topological polar surface area (TPSA) is 92.0 Å². The molecular formula is C18H21IN6. The van der Waals surface area contributed by atoms with Crippen LogP contribution in [0, 0.1) is 0 Å². The molecule has 25 heavy (non-hydrogen) atoms. The number of benzene rings is 2. The predicted molar refractivity (Wildman–Crippen MR) is 112 cm³/mol. The monoisotopic (exact) mass is 448 g/mol. The van der Waals surface area contributed by atoms with Crippen LogP contribution < -0.4 is 11.1 Å². The van der Waals surface area contributed by atoms with E-state index in [0.717, 1.165) is 29.1 Å². The number of H-pyrrole nitrogens is 1. The summed E-state index contributed by atoms with van der Waals surface area (Å²) in [6.45, 7) is 2.62. The minimum Gasteiger partial charge on any atom is -0.370 e. The first-order valence-electron chi connectivity index (χ1n) is 7.85. The quantitative estimate of drug-likeness (QED) is 0.316. The van der Waals surface area contributed by atoms with Gasteiger partial charge < -0.3 is 11.1 Å². The molecule has 0 amide bonds. The normalized spacial score (nSPS) is 11.0. The highest BCUT2D eigenvalue weighted by atomic mass is 127. The Balaban J connectivity index is 0.00000225. The number of aromatic amines is 1. The van der Waals surface area contributed by atoms with Crippen LogP contribution in [-0.4, -0.2) is 21.1 Å². The predicted octanol–water partition coefficient (Wildman–Crippen LogP) is 3.58. The van der Waals surface area contributed by atoms with E-state index in [0.29, 0.717) is 12.5 Å². The number of hydrogen-bond acceptors (Lipinski definition) is 3. The Morgan fingerprint density at radius 1 is 1.16 bits per heavy atom. The molecule has 6 nitrogen and oxygen atoms in total. The van der Waals surface area contributed by atoms with Crippen LogP contribution in [0.2, 0.25) is 0 Å². The van der Waals surface area contributed by atoms with Gasteiger partial charge in [-0.15, -0.1) is 24.0 Å². The molecule has 3 rings (SSSR count). The maximum atomic E-state index is 5.99. The number of aryl methyl sites for hydroxylation is 1. The number of hydrogen-bond donors (Lipinski definition) is 3. The zero-order valence-corrected chi connectivity index (χ0v) is 16.3. The Kier molecular flexibility index (Phi) is 6.93. The van der Waals surface area contributed by atoms with E-state index < -0.39 is 0 Å². The highest BCUT2D eigenvalue weighted by Crippen LogP contribution is 2.16. The largest absolute Gasteiger partial charge is 0.370 e. The Morgan fingerprint density at radius 2 is 1.96 bits per heavy atom. The number of halogens is 1. The van der Waals surface area contributed by atoms with Crippen molar-refractivity contribution >= 4 is 35.6 Å². The minimum atomic E-state index is 0. The lowest BCUT2D eigenvalue weighted by Gasteiger charge is -2.07. The summed E-state index contributed by atoms with van der Waals surface area (Å²) < 4.78 is 0. The van der Waals surface area contributed by atoms with Crippen molar-refractivity contribution in [3.63, 3.8) is 0 Å². The van der Waals surface area contributed by atoms with Gasteiger partial charge in [0.1, 0.15) is 6.33 Å². The zero-order chi connectivity index (χ0) is 16.8. The van der Waals surface area contributed by atoms with Crippen molar-refractivity contribution in [1.82, 2.24) is 15.2 Å². The molecule has 0 aliphatic rings. The van der Waals surface area contributed by atoms with Gasteiger partial charge in [0.2, 0.25) is 0 Å². The average molecular weight is 448 g/mol. The molecule has 0 aliphatic heterocycles. The molecule has 4 N–H and O–H groups in total. The summed E-state index contributed by atoms with van der Waals surface area (Å²) >= 11 is 0. The van der Waals surface area contributed by atoms with Gasteiger partial charge >= 0.3 is 0 Å². The molecule has 1 heterocycles. The van der Waals surface area contributed by atoms with E-state index >= 15 is 0 Å². The van der Waals surface area contributed by atoms with E-state index in [1.807, 2.05) is 36.4 Å². The van der Waals surface area contributed by atoms with Crippen molar-refractivity contribution in [2.24, 2.45) is 10.7 Å². The highest BCUT2D eigenvalue weighted by Gasteiger charge is 2.02. The molecule has 0 saturated heterocycles. The number of aliphatic imine (C=N–C) groups is 1. The first-order valence-corrected chi connectivity index (χ1v) is 7.85. The number of nitrogens with one attached hydrogen (secondary N) is 2. The smallest absolute Gasteiger partial charge is 0.193 e. The van der Waals surface area contributed by atoms with Gasteiger partial charge in [0, 0.05) is 11.3 Å². The van der Waals surface area contributed by atoms with Crippen LogP contribution in [0.5, 0.6) is 0 Å². The number of nitrogens with zero attached hydrogens (tertiary/aromatic N) is 3. The van der Waals surface area contributed by atoms with Gasteiger partial charge in [-0.2, -0.15) is 5.10 Å². The Labute approximate surface area is 164 Å². The Morgan fingerprint density at radius 3 is 2.72 bits per heavy atom. The minimum absolute atomic E-state index is 0. The summed E-state index contributed by atoms with van der Waals surface area (Å²) in [5, 5.41) is 9.85. The summed E-state index contributed by atoms with van der Waals surface area (Å²) in [4.78, 5) is 8.56. The van der Waals surface area contributed by atoms with Crippen LogP contribution in [-0.2, 0) is 13.0 Å². The molecule has 0 fully saturated rings. The van der Waals surface area contributed by atoms with Crippen LogP contribution >= 0.6 is 24.0 Å². The first-order chi connectivity index (χ1) is 11.7. The van der Waals surface area contributed by atoms with Gasteiger partial charge in [-0.3, -0.25) is 5.10 Å². The van der Waals surface area contributed by atoms with Crippen molar-refractivity contribution in [2.75, 3.05) is 5.32 Å². The fourth-order valence-electron chi connectivity index (χ4n) is 2.39. The van der Waals surface area contributed by atoms with Crippen LogP contribution in [0.15, 0.2) is 59.9 Å². The van der Waals surface area contributed by atoms with Crippen molar-refractivity contribution < 1.29 is 0 Å². The third kappa shape index (κ3) is 5.28. The van der Waals surface area contributed by atoms with Crippen molar-refractivity contribution in [1.29, 1.82) is 0 Å². The first kappa shape index (κ1) is 18.9. The second-order valence-electron chi connectivity index (χ2n) is 5.41. The maximum absolute atomic E-state index is 5.99. The van der Waals surface area contributed by atoms with Crippen LogP contribution in [0.25, 0.3) is 11.4 Å². The van der Waals surface area contributed by atoms with E-state index in [2.05, 4.69) is 44.5 Å². The molecule has 0 atom stereocenters. The molecule has 130 valence electrons. The van der Waals surface area contributed by atoms with Gasteiger partial charge in [0.05, 0.1) is 6.54 Å². The van der Waals surface area contributed by atoms with Gasteiger partial charge in [-0.25, -0.2) is 9.98 Å². The second kappa shape index (κ2) is 9.16. The molecule has 0 radical (unpaired) electrons. The van der Waals surface area contributed by atoms with Gasteiger partial charge in [0.15, 0.2) is 11.8 Å². The van der Waals surface area contributed by atoms with Crippen LogP contribution in [0.1, 0.15) is 18.1 Å². The lowest BCUT2D eigenvalue weighted by Crippen LogP contribution is -2.22. The second-order valence-corrected chi connectivity index (χ2v) is 5.41. The zero-order valence-electron chi connectivity index (χ0n) is 13.9.